The van der Waals surface area contributed by atoms with E-state index in [1.165, 1.54) is 11.8 Å². The van der Waals surface area contributed by atoms with Crippen molar-refractivity contribution in [1.82, 2.24) is 14.8 Å². The molecule has 0 bridgehead atoms. The predicted octanol–water partition coefficient (Wildman–Crippen LogP) is 5.75. The summed E-state index contributed by atoms with van der Waals surface area (Å²) in [6.45, 7) is 1.95. The Hall–Kier alpha value is -3.30. The van der Waals surface area contributed by atoms with Gasteiger partial charge in [-0.1, -0.05) is 27.7 Å². The number of hydrogen-bond acceptors (Lipinski definition) is 6. The number of rotatable bonds is 8. The van der Waals surface area contributed by atoms with E-state index in [4.69, 9.17) is 9.47 Å². The lowest BCUT2D eigenvalue weighted by Crippen LogP contribution is -2.15. The van der Waals surface area contributed by atoms with Gasteiger partial charge in [0.05, 0.1) is 20.0 Å². The maximum absolute atomic E-state index is 12.7. The minimum Gasteiger partial charge on any atom is -0.497 e. The third-order valence-electron chi connectivity index (χ3n) is 5.11. The van der Waals surface area contributed by atoms with E-state index < -0.39 is 0 Å². The van der Waals surface area contributed by atoms with Crippen molar-refractivity contribution in [3.05, 3.63) is 76.8 Å². The molecule has 1 heterocycles. The maximum atomic E-state index is 12.7. The average molecular weight is 539 g/mol. The molecular formula is C25H23BrN4O3S. The van der Waals surface area contributed by atoms with Crippen LogP contribution in [0.15, 0.2) is 76.4 Å². The van der Waals surface area contributed by atoms with Crippen LogP contribution in [0.2, 0.25) is 0 Å². The SMILES string of the molecule is COc1ccc(-c2nnc(SCC(=O)Nc3ccc(Br)cc3C)n2-c2ccc(OC)cc2)cc1. The van der Waals surface area contributed by atoms with Crippen LogP contribution in [0.1, 0.15) is 5.56 Å². The van der Waals surface area contributed by atoms with E-state index in [1.54, 1.807) is 14.2 Å². The van der Waals surface area contributed by atoms with Crippen molar-refractivity contribution >= 4 is 39.3 Å². The Bertz CT molecular complexity index is 1290. The fourth-order valence-electron chi connectivity index (χ4n) is 3.34. The molecule has 7 nitrogen and oxygen atoms in total. The highest BCUT2D eigenvalue weighted by Gasteiger charge is 2.18. The quantitative estimate of drug-likeness (QED) is 0.287. The Morgan fingerprint density at radius 2 is 1.62 bits per heavy atom. The van der Waals surface area contributed by atoms with E-state index in [1.807, 2.05) is 78.2 Å². The first-order valence-electron chi connectivity index (χ1n) is 10.4. The summed E-state index contributed by atoms with van der Waals surface area (Å²) in [4.78, 5) is 12.7. The van der Waals surface area contributed by atoms with Crippen molar-refractivity contribution in [3.63, 3.8) is 0 Å². The number of benzene rings is 3. The monoisotopic (exact) mass is 538 g/mol. The second-order valence-corrected chi connectivity index (χ2v) is 9.22. The van der Waals surface area contributed by atoms with Crippen LogP contribution in [-0.4, -0.2) is 40.6 Å². The van der Waals surface area contributed by atoms with Crippen molar-refractivity contribution in [1.29, 1.82) is 0 Å². The number of anilines is 1. The molecule has 0 saturated carbocycles. The molecule has 0 unspecified atom stereocenters. The molecule has 4 aromatic rings. The van der Waals surface area contributed by atoms with E-state index in [9.17, 15) is 4.79 Å². The predicted molar refractivity (Wildman–Crippen MR) is 138 cm³/mol. The summed E-state index contributed by atoms with van der Waals surface area (Å²) in [6.07, 6.45) is 0. The summed E-state index contributed by atoms with van der Waals surface area (Å²) in [5.74, 6) is 2.24. The summed E-state index contributed by atoms with van der Waals surface area (Å²) >= 11 is 4.77. The minimum atomic E-state index is -0.120. The van der Waals surface area contributed by atoms with Crippen molar-refractivity contribution in [2.24, 2.45) is 0 Å². The van der Waals surface area contributed by atoms with Gasteiger partial charge >= 0.3 is 0 Å². The van der Waals surface area contributed by atoms with Gasteiger partial charge < -0.3 is 14.8 Å². The molecule has 0 aliphatic rings. The van der Waals surface area contributed by atoms with E-state index in [-0.39, 0.29) is 11.7 Å². The molecule has 3 aromatic carbocycles. The van der Waals surface area contributed by atoms with Crippen LogP contribution in [0.4, 0.5) is 5.69 Å². The number of halogens is 1. The highest BCUT2D eigenvalue weighted by molar-refractivity contribution is 9.10. The second kappa shape index (κ2) is 10.8. The molecule has 0 aliphatic carbocycles. The summed E-state index contributed by atoms with van der Waals surface area (Å²) in [7, 11) is 3.26. The lowest BCUT2D eigenvalue weighted by atomic mass is 10.2. The molecule has 0 spiro atoms. The molecule has 9 heteroatoms. The molecule has 1 aromatic heterocycles. The van der Waals surface area contributed by atoms with Gasteiger partial charge in [-0.05, 0) is 79.2 Å². The second-order valence-electron chi connectivity index (χ2n) is 7.36. The smallest absolute Gasteiger partial charge is 0.234 e. The first-order chi connectivity index (χ1) is 16.5. The number of nitrogens with zero attached hydrogens (tertiary/aromatic N) is 3. The highest BCUT2D eigenvalue weighted by Crippen LogP contribution is 2.30. The van der Waals surface area contributed by atoms with Gasteiger partial charge in [-0.15, -0.1) is 10.2 Å². The lowest BCUT2D eigenvalue weighted by molar-refractivity contribution is -0.113. The van der Waals surface area contributed by atoms with Gasteiger partial charge in [0.2, 0.25) is 5.91 Å². The molecule has 174 valence electrons. The van der Waals surface area contributed by atoms with E-state index in [2.05, 4.69) is 31.4 Å². The molecule has 4 rings (SSSR count). The number of carbonyl (C=O) groups is 1. The van der Waals surface area contributed by atoms with Crippen molar-refractivity contribution in [2.45, 2.75) is 12.1 Å². The third kappa shape index (κ3) is 5.43. The number of nitrogens with one attached hydrogen (secondary N) is 1. The van der Waals surface area contributed by atoms with Crippen LogP contribution < -0.4 is 14.8 Å². The van der Waals surface area contributed by atoms with Gasteiger partial charge in [0, 0.05) is 21.4 Å². The Kier molecular flexibility index (Phi) is 7.54. The standard InChI is InChI=1S/C25H23BrN4O3S/c1-16-14-18(26)6-13-22(16)27-23(31)15-34-25-29-28-24(17-4-9-20(32-2)10-5-17)30(25)19-7-11-21(33-3)12-8-19/h4-14H,15H2,1-3H3,(H,27,31). The number of amides is 1. The largest absolute Gasteiger partial charge is 0.497 e. The van der Waals surface area contributed by atoms with Crippen LogP contribution in [0, 0.1) is 6.92 Å². The van der Waals surface area contributed by atoms with E-state index >= 15 is 0 Å². The summed E-state index contributed by atoms with van der Waals surface area (Å²) in [5.41, 5.74) is 3.51. The first-order valence-corrected chi connectivity index (χ1v) is 12.2. The zero-order chi connectivity index (χ0) is 24.1. The van der Waals surface area contributed by atoms with Gasteiger partial charge in [0.1, 0.15) is 11.5 Å². The van der Waals surface area contributed by atoms with Crippen LogP contribution in [0.5, 0.6) is 11.5 Å². The summed E-state index contributed by atoms with van der Waals surface area (Å²) in [6, 6.07) is 21.0. The average Bonchev–Trinajstić information content (AvgIpc) is 3.28. The number of methoxy groups -OCH3 is 2. The van der Waals surface area contributed by atoms with Gasteiger partial charge in [-0.25, -0.2) is 0 Å². The zero-order valence-electron chi connectivity index (χ0n) is 18.9. The number of ether oxygens (including phenoxy) is 2. The lowest BCUT2D eigenvalue weighted by Gasteiger charge is -2.12. The van der Waals surface area contributed by atoms with Gasteiger partial charge in [-0.3, -0.25) is 9.36 Å². The van der Waals surface area contributed by atoms with Crippen molar-refractivity contribution in [3.8, 4) is 28.6 Å². The first kappa shape index (κ1) is 23.8. The van der Waals surface area contributed by atoms with E-state index in [0.29, 0.717) is 11.0 Å². The Morgan fingerprint density at radius 3 is 2.24 bits per heavy atom. The molecule has 1 amide bonds. The fraction of sp³-hybridized carbons (Fsp3) is 0.160. The third-order valence-corrected chi connectivity index (χ3v) is 6.53. The molecule has 0 fully saturated rings. The van der Waals surface area contributed by atoms with Crippen LogP contribution >= 0.6 is 27.7 Å². The minimum absolute atomic E-state index is 0.120. The van der Waals surface area contributed by atoms with Gasteiger partial charge in [-0.2, -0.15) is 0 Å². The molecule has 34 heavy (non-hydrogen) atoms. The van der Waals surface area contributed by atoms with Crippen LogP contribution in [-0.2, 0) is 4.79 Å². The Morgan fingerprint density at radius 1 is 0.971 bits per heavy atom. The van der Waals surface area contributed by atoms with Crippen LogP contribution in [0.25, 0.3) is 17.1 Å². The number of thioether (sulfide) groups is 1. The fourth-order valence-corrected chi connectivity index (χ4v) is 4.57. The maximum Gasteiger partial charge on any atom is 0.234 e. The molecule has 0 radical (unpaired) electrons. The molecular weight excluding hydrogens is 516 g/mol. The highest BCUT2D eigenvalue weighted by atomic mass is 79.9. The topological polar surface area (TPSA) is 78.3 Å². The number of hydrogen-bond donors (Lipinski definition) is 1. The zero-order valence-corrected chi connectivity index (χ0v) is 21.3. The number of aryl methyl sites for hydroxylation is 1. The van der Waals surface area contributed by atoms with Crippen LogP contribution in [0.3, 0.4) is 0 Å². The molecule has 0 atom stereocenters. The summed E-state index contributed by atoms with van der Waals surface area (Å²) < 4.78 is 13.5. The van der Waals surface area contributed by atoms with Gasteiger partial charge in [0.15, 0.2) is 11.0 Å². The van der Waals surface area contributed by atoms with Crippen molar-refractivity contribution < 1.29 is 14.3 Å². The number of carbonyl (C=O) groups excluding carboxylic acids is 1. The Balaban J connectivity index is 1.60. The molecule has 0 saturated heterocycles. The molecule has 1 N–H and O–H groups in total. The molecule has 0 aliphatic heterocycles. The summed E-state index contributed by atoms with van der Waals surface area (Å²) in [5, 5.41) is 12.4. The Labute approximate surface area is 210 Å². The van der Waals surface area contributed by atoms with Crippen molar-refractivity contribution in [2.75, 3.05) is 25.3 Å². The van der Waals surface area contributed by atoms with E-state index in [0.717, 1.165) is 38.5 Å². The van der Waals surface area contributed by atoms with Gasteiger partial charge in [0.25, 0.3) is 0 Å². The number of aromatic nitrogens is 3. The normalized spacial score (nSPS) is 10.7.